The van der Waals surface area contributed by atoms with Crippen LogP contribution in [0.5, 0.6) is 5.75 Å². The maximum absolute atomic E-state index is 13.9. The zero-order valence-electron chi connectivity index (χ0n) is 27.8. The van der Waals surface area contributed by atoms with Gasteiger partial charge in [0.15, 0.2) is 0 Å². The molecule has 2 amide bonds. The summed E-state index contributed by atoms with van der Waals surface area (Å²) in [6, 6.07) is 29.1. The molecule has 0 unspecified atom stereocenters. The van der Waals surface area contributed by atoms with Crippen LogP contribution in [0.25, 0.3) is 23.0 Å². The summed E-state index contributed by atoms with van der Waals surface area (Å²) >= 11 is 0. The van der Waals surface area contributed by atoms with Gasteiger partial charge in [-0.2, -0.15) is 5.10 Å². The average molecular weight is 673 g/mol. The van der Waals surface area contributed by atoms with Gasteiger partial charge in [0.25, 0.3) is 11.8 Å². The van der Waals surface area contributed by atoms with Gasteiger partial charge in [0.1, 0.15) is 17.0 Å². The number of nitrogens with one attached hydrogen (secondary N) is 2. The lowest BCUT2D eigenvalue weighted by Gasteiger charge is -2.11. The van der Waals surface area contributed by atoms with E-state index in [2.05, 4.69) is 10.6 Å². The lowest BCUT2D eigenvalue weighted by molar-refractivity contribution is -0.118. The third-order valence-electron chi connectivity index (χ3n) is 7.28. The molecule has 1 aromatic heterocycles. The van der Waals surface area contributed by atoms with Gasteiger partial charge in [0, 0.05) is 28.7 Å². The summed E-state index contributed by atoms with van der Waals surface area (Å²) in [6.07, 6.45) is 3.21. The fourth-order valence-corrected chi connectivity index (χ4v) is 4.92. The van der Waals surface area contributed by atoms with Crippen LogP contribution in [-0.2, 0) is 19.1 Å². The molecule has 50 heavy (non-hydrogen) atoms. The Bertz CT molecular complexity index is 1920. The highest BCUT2D eigenvalue weighted by Crippen LogP contribution is 2.29. The van der Waals surface area contributed by atoms with Crippen LogP contribution in [0.15, 0.2) is 115 Å². The minimum absolute atomic E-state index is 0.227. The van der Waals surface area contributed by atoms with Gasteiger partial charge in [0.05, 0.1) is 36.6 Å². The fourth-order valence-electron chi connectivity index (χ4n) is 4.92. The van der Waals surface area contributed by atoms with Gasteiger partial charge in [-0.25, -0.2) is 14.3 Å². The molecule has 254 valence electrons. The first-order chi connectivity index (χ1) is 24.3. The zero-order valence-corrected chi connectivity index (χ0v) is 27.8. The number of nitrogens with zero attached hydrogens (tertiary/aromatic N) is 2. The molecule has 4 aromatic carbocycles. The number of esters is 2. The smallest absolute Gasteiger partial charge is 0.338 e. The highest BCUT2D eigenvalue weighted by atomic mass is 16.5. The van der Waals surface area contributed by atoms with Crippen molar-refractivity contribution in [3.8, 4) is 22.7 Å². The number of anilines is 2. The minimum Gasteiger partial charge on any atom is -0.494 e. The highest BCUT2D eigenvalue weighted by molar-refractivity contribution is 6.29. The van der Waals surface area contributed by atoms with Gasteiger partial charge in [-0.05, 0) is 99.6 Å². The quantitative estimate of drug-likeness (QED) is 0.0593. The Labute approximate surface area is 289 Å². The van der Waals surface area contributed by atoms with Crippen molar-refractivity contribution in [3.05, 3.63) is 132 Å². The zero-order chi connectivity index (χ0) is 35.5. The first-order valence-corrected chi connectivity index (χ1v) is 16.1. The molecule has 11 heteroatoms. The summed E-state index contributed by atoms with van der Waals surface area (Å²) in [4.78, 5) is 52.1. The number of ether oxygens (including phenoxy) is 3. The summed E-state index contributed by atoms with van der Waals surface area (Å²) in [6.45, 7) is 6.25. The van der Waals surface area contributed by atoms with Crippen LogP contribution in [0.4, 0.5) is 11.4 Å². The molecule has 5 aromatic rings. The number of carbonyl (C=O) groups excluding carboxylic acids is 4. The van der Waals surface area contributed by atoms with Crippen LogP contribution >= 0.6 is 0 Å². The molecule has 1 heterocycles. The maximum Gasteiger partial charge on any atom is 0.338 e. The number of hydrogen-bond donors (Lipinski definition) is 2. The molecular formula is C39H36N4O7. The SMILES string of the molecule is CCOC(=O)c1ccc(NC(=O)C(=Cc2cn(-c3ccccc3)nc2-c2cccc(OCC)c2)C(=O)Nc2ccc(C(=O)OCC)cc2)cc1. The molecule has 0 aliphatic carbocycles. The van der Waals surface area contributed by atoms with Crippen molar-refractivity contribution in [1.29, 1.82) is 0 Å². The third-order valence-corrected chi connectivity index (χ3v) is 7.28. The number of carbonyl (C=O) groups is 4. The number of benzene rings is 4. The van der Waals surface area contributed by atoms with Crippen LogP contribution in [0.1, 0.15) is 47.1 Å². The number of para-hydroxylation sites is 1. The van der Waals surface area contributed by atoms with Gasteiger partial charge in [0.2, 0.25) is 0 Å². The van der Waals surface area contributed by atoms with Crippen molar-refractivity contribution in [2.24, 2.45) is 0 Å². The molecule has 0 saturated carbocycles. The average Bonchev–Trinajstić information content (AvgIpc) is 3.56. The summed E-state index contributed by atoms with van der Waals surface area (Å²) in [5, 5.41) is 10.4. The summed E-state index contributed by atoms with van der Waals surface area (Å²) < 4.78 is 17.5. The molecule has 0 bridgehead atoms. The van der Waals surface area contributed by atoms with E-state index >= 15 is 0 Å². The molecule has 0 aliphatic heterocycles. The van der Waals surface area contributed by atoms with E-state index in [-0.39, 0.29) is 18.8 Å². The van der Waals surface area contributed by atoms with Gasteiger partial charge in [-0.15, -0.1) is 0 Å². The lowest BCUT2D eigenvalue weighted by atomic mass is 10.0. The summed E-state index contributed by atoms with van der Waals surface area (Å²) in [5.74, 6) is -1.76. The van der Waals surface area contributed by atoms with E-state index in [0.717, 1.165) is 5.69 Å². The van der Waals surface area contributed by atoms with E-state index in [0.29, 0.717) is 51.7 Å². The lowest BCUT2D eigenvalue weighted by Crippen LogP contribution is -2.25. The van der Waals surface area contributed by atoms with Crippen LogP contribution in [0.2, 0.25) is 0 Å². The largest absolute Gasteiger partial charge is 0.494 e. The standard InChI is InChI=1S/C39H36N4O7/c1-4-48-33-14-10-11-28(23-33)35-29(25-43(42-35)32-12-8-7-9-13-32)24-34(36(44)40-30-19-15-26(16-20-30)38(46)49-5-2)37(45)41-31-21-17-27(18-22-31)39(47)50-6-3/h7-25H,4-6H2,1-3H3,(H,40,44)(H,41,45). The second kappa shape index (κ2) is 16.6. The molecule has 0 saturated heterocycles. The molecule has 0 aliphatic rings. The number of rotatable bonds is 13. The topological polar surface area (TPSA) is 138 Å². The molecule has 0 atom stereocenters. The van der Waals surface area contributed by atoms with E-state index in [1.807, 2.05) is 61.5 Å². The van der Waals surface area contributed by atoms with Crippen LogP contribution in [-0.4, -0.2) is 53.4 Å². The Morgan fingerprint density at radius 3 is 1.76 bits per heavy atom. The number of amides is 2. The van der Waals surface area contributed by atoms with E-state index < -0.39 is 23.8 Å². The molecule has 0 radical (unpaired) electrons. The third kappa shape index (κ3) is 8.70. The van der Waals surface area contributed by atoms with Crippen LogP contribution in [0.3, 0.4) is 0 Å². The van der Waals surface area contributed by atoms with E-state index in [1.165, 1.54) is 30.3 Å². The maximum atomic E-state index is 13.9. The van der Waals surface area contributed by atoms with Crippen molar-refractivity contribution in [1.82, 2.24) is 9.78 Å². The molecular weight excluding hydrogens is 636 g/mol. The Balaban J connectivity index is 1.55. The molecule has 0 fully saturated rings. The Kier molecular flexibility index (Phi) is 11.5. The van der Waals surface area contributed by atoms with Crippen molar-refractivity contribution in [3.63, 3.8) is 0 Å². The summed E-state index contributed by atoms with van der Waals surface area (Å²) in [7, 11) is 0. The number of aromatic nitrogens is 2. The molecule has 2 N–H and O–H groups in total. The fraction of sp³-hybridized carbons (Fsp3) is 0.154. The monoisotopic (exact) mass is 672 g/mol. The van der Waals surface area contributed by atoms with E-state index in [1.54, 1.807) is 49.0 Å². The second-order valence-electron chi connectivity index (χ2n) is 10.7. The normalized spacial score (nSPS) is 10.5. The van der Waals surface area contributed by atoms with Gasteiger partial charge in [-0.1, -0.05) is 30.3 Å². The first-order valence-electron chi connectivity index (χ1n) is 16.1. The van der Waals surface area contributed by atoms with Crippen molar-refractivity contribution in [2.75, 3.05) is 30.5 Å². The summed E-state index contributed by atoms with van der Waals surface area (Å²) in [5.41, 5.74) is 3.58. The Hall–Kier alpha value is -6.49. The van der Waals surface area contributed by atoms with Gasteiger partial charge >= 0.3 is 11.9 Å². The van der Waals surface area contributed by atoms with Crippen molar-refractivity contribution >= 4 is 41.2 Å². The van der Waals surface area contributed by atoms with Gasteiger partial charge in [-0.3, -0.25) is 9.59 Å². The Morgan fingerprint density at radius 1 is 0.680 bits per heavy atom. The van der Waals surface area contributed by atoms with Gasteiger partial charge < -0.3 is 24.8 Å². The van der Waals surface area contributed by atoms with E-state index in [4.69, 9.17) is 19.3 Å². The minimum atomic E-state index is -0.712. The molecule has 11 nitrogen and oxygen atoms in total. The predicted molar refractivity (Wildman–Crippen MR) is 190 cm³/mol. The van der Waals surface area contributed by atoms with Crippen LogP contribution in [0, 0.1) is 0 Å². The van der Waals surface area contributed by atoms with Crippen molar-refractivity contribution in [2.45, 2.75) is 20.8 Å². The highest BCUT2D eigenvalue weighted by Gasteiger charge is 2.22. The number of hydrogen-bond acceptors (Lipinski definition) is 8. The molecule has 0 spiro atoms. The predicted octanol–water partition coefficient (Wildman–Crippen LogP) is 6.95. The van der Waals surface area contributed by atoms with Crippen molar-refractivity contribution < 1.29 is 33.4 Å². The Morgan fingerprint density at radius 2 is 1.24 bits per heavy atom. The first kappa shape index (κ1) is 34.8. The van der Waals surface area contributed by atoms with E-state index in [9.17, 15) is 19.2 Å². The molecule has 5 rings (SSSR count). The van der Waals surface area contributed by atoms with Crippen LogP contribution < -0.4 is 15.4 Å². The second-order valence-corrected chi connectivity index (χ2v) is 10.7.